The standard InChI is InChI=1S/C26H40N2O2/c1-7-19(25-29-10-11-30-25)15-20-12-18(4)23-26(8-9-27(5)24(20)26)21-13-16(2)17(3)14-22(21)28(23)6/h13-14,16-17,19-20,24-25H,7-12,15H2,1-6H3. The summed E-state index contributed by atoms with van der Waals surface area (Å²) in [7, 11) is 4.69. The molecule has 6 unspecified atom stereocenters. The van der Waals surface area contributed by atoms with Crippen molar-refractivity contribution in [2.75, 3.05) is 33.9 Å². The molecule has 0 amide bonds. The van der Waals surface area contributed by atoms with Gasteiger partial charge in [-0.2, -0.15) is 0 Å². The maximum absolute atomic E-state index is 5.95. The Balaban J connectivity index is 1.56. The number of ether oxygens (including phenoxy) is 2. The highest BCUT2D eigenvalue weighted by atomic mass is 16.7. The fraction of sp³-hybridized carbons (Fsp3) is 0.769. The van der Waals surface area contributed by atoms with Crippen LogP contribution in [0.15, 0.2) is 34.7 Å². The van der Waals surface area contributed by atoms with E-state index in [1.165, 1.54) is 31.5 Å². The lowest BCUT2D eigenvalue weighted by Crippen LogP contribution is -2.49. The van der Waals surface area contributed by atoms with Gasteiger partial charge in [0.15, 0.2) is 6.29 Å². The van der Waals surface area contributed by atoms with Crippen molar-refractivity contribution in [3.63, 3.8) is 0 Å². The lowest BCUT2D eigenvalue weighted by Gasteiger charge is -2.47. The van der Waals surface area contributed by atoms with E-state index in [1.807, 2.05) is 0 Å². The lowest BCUT2D eigenvalue weighted by atomic mass is 9.60. The molecular formula is C26H40N2O2. The van der Waals surface area contributed by atoms with E-state index >= 15 is 0 Å². The predicted molar refractivity (Wildman–Crippen MR) is 121 cm³/mol. The second kappa shape index (κ2) is 7.50. The van der Waals surface area contributed by atoms with Gasteiger partial charge >= 0.3 is 0 Å². The van der Waals surface area contributed by atoms with Gasteiger partial charge in [0.2, 0.25) is 0 Å². The molecule has 0 aromatic carbocycles. The summed E-state index contributed by atoms with van der Waals surface area (Å²) in [6, 6.07) is 0.576. The Morgan fingerprint density at radius 1 is 1.13 bits per heavy atom. The largest absolute Gasteiger partial charge is 0.350 e. The highest BCUT2D eigenvalue weighted by molar-refractivity contribution is 5.57. The third-order valence-electron chi connectivity index (χ3n) is 8.98. The summed E-state index contributed by atoms with van der Waals surface area (Å²) in [5.74, 6) is 2.37. The number of likely N-dealkylation sites (tertiary alicyclic amines) is 2. The Morgan fingerprint density at radius 2 is 1.83 bits per heavy atom. The Labute approximate surface area is 183 Å². The van der Waals surface area contributed by atoms with E-state index in [2.05, 4.69) is 63.7 Å². The SMILES string of the molecule is CCC(CC1CC(C)=C2N(C)C3=CC(C)C(C)C=C3C23CCN(C)C13)C1OCCO1. The monoisotopic (exact) mass is 412 g/mol. The normalized spacial score (nSPS) is 40.3. The van der Waals surface area contributed by atoms with E-state index in [0.29, 0.717) is 29.7 Å². The molecule has 3 saturated heterocycles. The van der Waals surface area contributed by atoms with E-state index in [4.69, 9.17) is 9.47 Å². The number of hydrogen-bond donors (Lipinski definition) is 0. The highest BCUT2D eigenvalue weighted by Crippen LogP contribution is 2.64. The fourth-order valence-electron chi connectivity index (χ4n) is 7.53. The van der Waals surface area contributed by atoms with E-state index < -0.39 is 0 Å². The predicted octanol–water partition coefficient (Wildman–Crippen LogP) is 4.80. The zero-order chi connectivity index (χ0) is 21.2. The van der Waals surface area contributed by atoms with Gasteiger partial charge in [0.1, 0.15) is 0 Å². The summed E-state index contributed by atoms with van der Waals surface area (Å²) >= 11 is 0. The second-order valence-electron chi connectivity index (χ2n) is 10.7. The van der Waals surface area contributed by atoms with E-state index in [0.717, 1.165) is 19.6 Å². The van der Waals surface area contributed by atoms with Crippen LogP contribution in [0.1, 0.15) is 53.4 Å². The Hall–Kier alpha value is -1.10. The molecule has 4 heteroatoms. The van der Waals surface area contributed by atoms with Gasteiger partial charge in [-0.05, 0) is 69.5 Å². The first-order valence-corrected chi connectivity index (χ1v) is 12.2. The van der Waals surface area contributed by atoms with Gasteiger partial charge in [-0.15, -0.1) is 0 Å². The number of fused-ring (bicyclic) bond motifs is 1. The molecule has 1 spiro atoms. The molecule has 166 valence electrons. The molecule has 3 aliphatic heterocycles. The van der Waals surface area contributed by atoms with Crippen LogP contribution in [0.2, 0.25) is 0 Å². The minimum Gasteiger partial charge on any atom is -0.350 e. The summed E-state index contributed by atoms with van der Waals surface area (Å²) in [4.78, 5) is 5.24. The molecule has 4 nitrogen and oxygen atoms in total. The lowest BCUT2D eigenvalue weighted by molar-refractivity contribution is -0.0933. The van der Waals surface area contributed by atoms with Crippen LogP contribution < -0.4 is 0 Å². The van der Waals surface area contributed by atoms with Crippen molar-refractivity contribution in [3.8, 4) is 0 Å². The Kier molecular flexibility index (Phi) is 5.19. The number of hydrogen-bond acceptors (Lipinski definition) is 4. The first-order chi connectivity index (χ1) is 14.4. The fourth-order valence-corrected chi connectivity index (χ4v) is 7.53. The summed E-state index contributed by atoms with van der Waals surface area (Å²) in [5, 5.41) is 0. The first kappa shape index (κ1) is 20.8. The highest BCUT2D eigenvalue weighted by Gasteiger charge is 2.62. The molecule has 0 aromatic rings. The van der Waals surface area contributed by atoms with E-state index in [1.54, 1.807) is 16.8 Å². The molecule has 6 atom stereocenters. The first-order valence-electron chi connectivity index (χ1n) is 12.2. The summed E-state index contributed by atoms with van der Waals surface area (Å²) in [6.45, 7) is 12.2. The quantitative estimate of drug-likeness (QED) is 0.662. The molecule has 2 aliphatic carbocycles. The minimum absolute atomic E-state index is 0.000168. The zero-order valence-corrected chi connectivity index (χ0v) is 19.8. The molecule has 0 bridgehead atoms. The number of allylic oxidation sites excluding steroid dienone is 4. The van der Waals surface area contributed by atoms with Crippen molar-refractivity contribution in [2.45, 2.75) is 65.7 Å². The average Bonchev–Trinajstić information content (AvgIpc) is 3.41. The average molecular weight is 413 g/mol. The van der Waals surface area contributed by atoms with Crippen molar-refractivity contribution in [2.24, 2.45) is 29.1 Å². The maximum Gasteiger partial charge on any atom is 0.160 e. The third kappa shape index (κ3) is 2.83. The van der Waals surface area contributed by atoms with Crippen LogP contribution in [-0.2, 0) is 9.47 Å². The number of likely N-dealkylation sites (N-methyl/N-ethyl adjacent to an activating group) is 1. The van der Waals surface area contributed by atoms with Crippen LogP contribution in [0.5, 0.6) is 0 Å². The second-order valence-corrected chi connectivity index (χ2v) is 10.7. The van der Waals surface area contributed by atoms with Crippen molar-refractivity contribution in [3.05, 3.63) is 34.7 Å². The van der Waals surface area contributed by atoms with E-state index in [-0.39, 0.29) is 11.7 Å². The van der Waals surface area contributed by atoms with Crippen molar-refractivity contribution in [1.29, 1.82) is 0 Å². The van der Waals surface area contributed by atoms with Crippen LogP contribution in [0, 0.1) is 29.1 Å². The van der Waals surface area contributed by atoms with Gasteiger partial charge in [0.05, 0.1) is 18.6 Å². The summed E-state index contributed by atoms with van der Waals surface area (Å²) in [5.41, 5.74) is 6.52. The zero-order valence-electron chi connectivity index (χ0n) is 19.8. The molecule has 30 heavy (non-hydrogen) atoms. The van der Waals surface area contributed by atoms with Crippen LogP contribution in [0.25, 0.3) is 0 Å². The molecule has 3 heterocycles. The van der Waals surface area contributed by atoms with Crippen LogP contribution in [-0.4, -0.2) is 56.0 Å². The van der Waals surface area contributed by atoms with Crippen LogP contribution in [0.3, 0.4) is 0 Å². The Morgan fingerprint density at radius 3 is 2.53 bits per heavy atom. The van der Waals surface area contributed by atoms with Crippen LogP contribution in [0.4, 0.5) is 0 Å². The molecule has 0 N–H and O–H groups in total. The van der Waals surface area contributed by atoms with Crippen molar-refractivity contribution >= 4 is 0 Å². The van der Waals surface area contributed by atoms with Gasteiger partial charge in [-0.3, -0.25) is 0 Å². The molecule has 5 aliphatic rings. The summed E-state index contributed by atoms with van der Waals surface area (Å²) in [6.07, 6.45) is 9.95. The molecule has 3 fully saturated rings. The smallest absolute Gasteiger partial charge is 0.160 e. The topological polar surface area (TPSA) is 24.9 Å². The Bertz CT molecular complexity index is 793. The molecule has 5 rings (SSSR count). The van der Waals surface area contributed by atoms with Crippen molar-refractivity contribution < 1.29 is 9.47 Å². The third-order valence-corrected chi connectivity index (χ3v) is 8.98. The van der Waals surface area contributed by atoms with Gasteiger partial charge in [-0.1, -0.05) is 38.5 Å². The van der Waals surface area contributed by atoms with Crippen molar-refractivity contribution in [1.82, 2.24) is 9.80 Å². The van der Waals surface area contributed by atoms with Crippen LogP contribution >= 0.6 is 0 Å². The molecule has 0 aromatic heterocycles. The maximum atomic E-state index is 5.95. The van der Waals surface area contributed by atoms with Gasteiger partial charge in [0.25, 0.3) is 0 Å². The minimum atomic E-state index is -0.000168. The number of rotatable bonds is 4. The van der Waals surface area contributed by atoms with Gasteiger partial charge in [0, 0.05) is 30.4 Å². The van der Waals surface area contributed by atoms with E-state index in [9.17, 15) is 0 Å². The molecule has 0 radical (unpaired) electrons. The number of nitrogens with zero attached hydrogens (tertiary/aromatic N) is 2. The molecule has 0 saturated carbocycles. The summed E-state index contributed by atoms with van der Waals surface area (Å²) < 4.78 is 11.9. The van der Waals surface area contributed by atoms with Gasteiger partial charge in [-0.25, -0.2) is 0 Å². The van der Waals surface area contributed by atoms with Gasteiger partial charge < -0.3 is 19.3 Å². The molecular weight excluding hydrogens is 372 g/mol.